The first-order valence-electron chi connectivity index (χ1n) is 4.34. The van der Waals surface area contributed by atoms with Crippen molar-refractivity contribution < 1.29 is 9.63 Å². The van der Waals surface area contributed by atoms with Gasteiger partial charge in [0.2, 0.25) is 0 Å². The SMILES string of the molecule is NOc1ccc2c(c1)CCCC2=O. The monoisotopic (exact) mass is 177 g/mol. The molecule has 0 aliphatic heterocycles. The van der Waals surface area contributed by atoms with Gasteiger partial charge < -0.3 is 4.84 Å². The highest BCUT2D eigenvalue weighted by Crippen LogP contribution is 2.24. The zero-order valence-corrected chi connectivity index (χ0v) is 7.25. The lowest BCUT2D eigenvalue weighted by molar-refractivity contribution is 0.0972. The molecular formula is C10H11NO2. The largest absolute Gasteiger partial charge is 0.412 e. The highest BCUT2D eigenvalue weighted by atomic mass is 16.6. The van der Waals surface area contributed by atoms with Gasteiger partial charge in [0.1, 0.15) is 5.75 Å². The number of hydrogen-bond donors (Lipinski definition) is 1. The molecule has 0 atom stereocenters. The third-order valence-electron chi connectivity index (χ3n) is 2.36. The third kappa shape index (κ3) is 1.42. The maximum Gasteiger partial charge on any atom is 0.163 e. The fraction of sp³-hybridized carbons (Fsp3) is 0.300. The molecule has 0 bridgehead atoms. The maximum absolute atomic E-state index is 11.4. The Bertz CT molecular complexity index is 347. The van der Waals surface area contributed by atoms with Gasteiger partial charge in [0.15, 0.2) is 5.78 Å². The van der Waals surface area contributed by atoms with Gasteiger partial charge in [-0.15, -0.1) is 0 Å². The molecule has 0 unspecified atom stereocenters. The molecule has 0 heterocycles. The van der Waals surface area contributed by atoms with E-state index in [2.05, 4.69) is 4.84 Å². The minimum absolute atomic E-state index is 0.227. The van der Waals surface area contributed by atoms with Gasteiger partial charge >= 0.3 is 0 Å². The maximum atomic E-state index is 11.4. The number of rotatable bonds is 1. The van der Waals surface area contributed by atoms with E-state index in [0.717, 1.165) is 24.0 Å². The van der Waals surface area contributed by atoms with Crippen molar-refractivity contribution in [2.24, 2.45) is 5.90 Å². The molecule has 2 rings (SSSR count). The predicted octanol–water partition coefficient (Wildman–Crippen LogP) is 1.46. The second-order valence-electron chi connectivity index (χ2n) is 3.21. The van der Waals surface area contributed by atoms with Gasteiger partial charge in [0.25, 0.3) is 0 Å². The molecule has 3 heteroatoms. The van der Waals surface area contributed by atoms with E-state index < -0.39 is 0 Å². The van der Waals surface area contributed by atoms with Crippen LogP contribution >= 0.6 is 0 Å². The fourth-order valence-electron chi connectivity index (χ4n) is 1.70. The molecule has 1 aromatic carbocycles. The zero-order valence-electron chi connectivity index (χ0n) is 7.25. The van der Waals surface area contributed by atoms with Crippen molar-refractivity contribution in [2.45, 2.75) is 19.3 Å². The normalized spacial score (nSPS) is 15.3. The average molecular weight is 177 g/mol. The molecular weight excluding hydrogens is 166 g/mol. The van der Waals surface area contributed by atoms with E-state index in [1.165, 1.54) is 0 Å². The molecule has 0 aromatic heterocycles. The molecule has 0 saturated carbocycles. The first-order valence-corrected chi connectivity index (χ1v) is 4.34. The molecule has 0 radical (unpaired) electrons. The molecule has 0 saturated heterocycles. The first-order chi connectivity index (χ1) is 6.31. The summed E-state index contributed by atoms with van der Waals surface area (Å²) in [6, 6.07) is 5.35. The molecule has 1 aliphatic carbocycles. The topological polar surface area (TPSA) is 52.3 Å². The number of aryl methyl sites for hydroxylation is 1. The minimum atomic E-state index is 0.227. The Morgan fingerprint density at radius 3 is 2.92 bits per heavy atom. The van der Waals surface area contributed by atoms with Gasteiger partial charge in [-0.3, -0.25) is 4.79 Å². The Kier molecular flexibility index (Phi) is 2.02. The van der Waals surface area contributed by atoms with Crippen LogP contribution in [0.1, 0.15) is 28.8 Å². The van der Waals surface area contributed by atoms with Gasteiger partial charge in [-0.1, -0.05) is 0 Å². The van der Waals surface area contributed by atoms with Crippen molar-refractivity contribution in [2.75, 3.05) is 0 Å². The lowest BCUT2D eigenvalue weighted by Crippen LogP contribution is -2.11. The predicted molar refractivity (Wildman–Crippen MR) is 48.5 cm³/mol. The van der Waals surface area contributed by atoms with Crippen molar-refractivity contribution in [1.29, 1.82) is 0 Å². The van der Waals surface area contributed by atoms with Crippen molar-refractivity contribution in [3.63, 3.8) is 0 Å². The number of carbonyl (C=O) groups is 1. The Balaban J connectivity index is 2.45. The molecule has 0 spiro atoms. The molecule has 3 nitrogen and oxygen atoms in total. The van der Waals surface area contributed by atoms with Crippen LogP contribution in [0.5, 0.6) is 5.75 Å². The highest BCUT2D eigenvalue weighted by molar-refractivity contribution is 5.98. The standard InChI is InChI=1S/C10H11NO2/c11-13-8-4-5-9-7(6-8)2-1-3-10(9)12/h4-6H,1-3,11H2. The second-order valence-corrected chi connectivity index (χ2v) is 3.21. The number of fused-ring (bicyclic) bond motifs is 1. The van der Waals surface area contributed by atoms with Crippen LogP contribution < -0.4 is 10.7 Å². The number of carbonyl (C=O) groups excluding carboxylic acids is 1. The van der Waals surface area contributed by atoms with E-state index in [-0.39, 0.29) is 5.78 Å². The smallest absolute Gasteiger partial charge is 0.163 e. The van der Waals surface area contributed by atoms with Crippen LogP contribution in [0, 0.1) is 0 Å². The van der Waals surface area contributed by atoms with E-state index in [4.69, 9.17) is 5.90 Å². The molecule has 2 N–H and O–H groups in total. The average Bonchev–Trinajstić information content (AvgIpc) is 2.18. The lowest BCUT2D eigenvalue weighted by Gasteiger charge is -2.14. The molecule has 1 aromatic rings. The number of ketones is 1. The minimum Gasteiger partial charge on any atom is -0.412 e. The lowest BCUT2D eigenvalue weighted by atomic mass is 9.91. The summed E-state index contributed by atoms with van der Waals surface area (Å²) < 4.78 is 0. The first kappa shape index (κ1) is 8.26. The molecule has 0 fully saturated rings. The molecule has 0 amide bonds. The Morgan fingerprint density at radius 2 is 2.15 bits per heavy atom. The summed E-state index contributed by atoms with van der Waals surface area (Å²) in [5, 5.41) is 0. The van der Waals surface area contributed by atoms with Crippen molar-refractivity contribution in [3.8, 4) is 5.75 Å². The van der Waals surface area contributed by atoms with Crippen LogP contribution in [0.15, 0.2) is 18.2 Å². The Labute approximate surface area is 76.5 Å². The van der Waals surface area contributed by atoms with E-state index in [1.54, 1.807) is 12.1 Å². The summed E-state index contributed by atoms with van der Waals surface area (Å²) in [7, 11) is 0. The quantitative estimate of drug-likeness (QED) is 0.660. The van der Waals surface area contributed by atoms with Crippen LogP contribution in [0.25, 0.3) is 0 Å². The Hall–Kier alpha value is -1.35. The molecule has 68 valence electrons. The summed E-state index contributed by atoms with van der Waals surface area (Å²) >= 11 is 0. The summed E-state index contributed by atoms with van der Waals surface area (Å²) in [5.41, 5.74) is 1.88. The van der Waals surface area contributed by atoms with Gasteiger partial charge in [0, 0.05) is 12.0 Å². The van der Waals surface area contributed by atoms with Crippen LogP contribution in [0.2, 0.25) is 0 Å². The molecule has 1 aliphatic rings. The fourth-order valence-corrected chi connectivity index (χ4v) is 1.70. The van der Waals surface area contributed by atoms with Gasteiger partial charge in [-0.2, -0.15) is 5.90 Å². The zero-order chi connectivity index (χ0) is 9.26. The van der Waals surface area contributed by atoms with E-state index in [9.17, 15) is 4.79 Å². The molecule has 13 heavy (non-hydrogen) atoms. The number of hydrogen-bond acceptors (Lipinski definition) is 3. The van der Waals surface area contributed by atoms with Crippen LogP contribution in [-0.2, 0) is 6.42 Å². The number of benzene rings is 1. The van der Waals surface area contributed by atoms with Crippen molar-refractivity contribution in [3.05, 3.63) is 29.3 Å². The summed E-state index contributed by atoms with van der Waals surface area (Å²) in [4.78, 5) is 16.0. The van der Waals surface area contributed by atoms with Gasteiger partial charge in [0.05, 0.1) is 0 Å². The number of Topliss-reactive ketones (excluding diaryl/α,β-unsaturated/α-hetero) is 1. The third-order valence-corrected chi connectivity index (χ3v) is 2.36. The second kappa shape index (κ2) is 3.18. The van der Waals surface area contributed by atoms with Crippen molar-refractivity contribution >= 4 is 5.78 Å². The van der Waals surface area contributed by atoms with Crippen molar-refractivity contribution in [1.82, 2.24) is 0 Å². The Morgan fingerprint density at radius 1 is 1.31 bits per heavy atom. The van der Waals surface area contributed by atoms with E-state index >= 15 is 0 Å². The van der Waals surface area contributed by atoms with E-state index in [1.807, 2.05) is 6.07 Å². The summed E-state index contributed by atoms with van der Waals surface area (Å²) in [6.45, 7) is 0. The van der Waals surface area contributed by atoms with Gasteiger partial charge in [-0.25, -0.2) is 0 Å². The van der Waals surface area contributed by atoms with Crippen LogP contribution in [-0.4, -0.2) is 5.78 Å². The van der Waals surface area contributed by atoms with Crippen LogP contribution in [0.4, 0.5) is 0 Å². The van der Waals surface area contributed by atoms with Gasteiger partial charge in [-0.05, 0) is 36.6 Å². The number of nitrogens with two attached hydrogens (primary N) is 1. The highest BCUT2D eigenvalue weighted by Gasteiger charge is 2.16. The summed E-state index contributed by atoms with van der Waals surface area (Å²) in [6.07, 6.45) is 2.54. The van der Waals surface area contributed by atoms with E-state index in [0.29, 0.717) is 12.2 Å². The van der Waals surface area contributed by atoms with Crippen LogP contribution in [0.3, 0.4) is 0 Å². The summed E-state index contributed by atoms with van der Waals surface area (Å²) in [5.74, 6) is 5.88.